The van der Waals surface area contributed by atoms with Crippen LogP contribution >= 0.6 is 0 Å². The summed E-state index contributed by atoms with van der Waals surface area (Å²) in [5.41, 5.74) is 6.50. The number of hydrogen-bond acceptors (Lipinski definition) is 10. The number of benzene rings is 8. The number of hydrogen-bond donors (Lipinski definition) is 0. The molecular formula is C70H74O10. The molecule has 0 radical (unpaired) electrons. The van der Waals surface area contributed by atoms with Gasteiger partial charge in [0.05, 0.1) is 64.0 Å². The molecule has 10 nitrogen and oxygen atoms in total. The fourth-order valence-electron chi connectivity index (χ4n) is 10.4. The highest BCUT2D eigenvalue weighted by Crippen LogP contribution is 2.46. The normalized spacial score (nSPS) is 14.3. The summed E-state index contributed by atoms with van der Waals surface area (Å²) < 4.78 is 47.5. The maximum atomic E-state index is 14.1. The first-order valence-electron chi connectivity index (χ1n) is 28.8. The van der Waals surface area contributed by atoms with E-state index in [4.69, 9.17) is 37.9 Å². The van der Waals surface area contributed by atoms with Crippen LogP contribution in [0.5, 0.6) is 23.0 Å². The Morgan fingerprint density at radius 2 is 0.750 bits per heavy atom. The van der Waals surface area contributed by atoms with Gasteiger partial charge in [-0.3, -0.25) is 0 Å². The Labute approximate surface area is 471 Å². The maximum Gasteiger partial charge on any atom is 0.343 e. The highest BCUT2D eigenvalue weighted by atomic mass is 16.5. The first kappa shape index (κ1) is 56.0. The highest BCUT2D eigenvalue weighted by molar-refractivity contribution is 6.11. The van der Waals surface area contributed by atoms with Gasteiger partial charge in [0.2, 0.25) is 0 Å². The molecule has 0 aromatic heterocycles. The second kappa shape index (κ2) is 27.2. The van der Waals surface area contributed by atoms with E-state index in [1.165, 1.54) is 0 Å². The van der Waals surface area contributed by atoms with Crippen molar-refractivity contribution in [2.75, 3.05) is 66.1 Å². The zero-order valence-corrected chi connectivity index (χ0v) is 46.4. The Hall–Kier alpha value is -7.34. The third-order valence-electron chi connectivity index (χ3n) is 15.9. The molecule has 80 heavy (non-hydrogen) atoms. The molecular weight excluding hydrogens is 1000 g/mol. The van der Waals surface area contributed by atoms with E-state index in [0.717, 1.165) is 172 Å². The van der Waals surface area contributed by atoms with Crippen LogP contribution in [0.3, 0.4) is 0 Å². The lowest BCUT2D eigenvalue weighted by molar-refractivity contribution is -0.150. The summed E-state index contributed by atoms with van der Waals surface area (Å²) in [6.45, 7) is 12.2. The lowest BCUT2D eigenvalue weighted by Gasteiger charge is -2.40. The largest absolute Gasteiger partial charge is 0.494 e. The number of fused-ring (bicyclic) bond motifs is 2. The SMILES string of the molecule is CCC1(COCCCCCCOc2ccc(-c3ccc(C(=O)Oc4ccc5ccccc5c4-c4c(OC(=O)c5ccc(-c6ccc(OCCCCCCOCC7(CC)COC7)cc6)cc5)ccc5ccccc45)cc3)cc2)COC1. The highest BCUT2D eigenvalue weighted by Gasteiger charge is 2.37. The fraction of sp³-hybridized carbons (Fsp3) is 0.343. The molecule has 0 aliphatic carbocycles. The Balaban J connectivity index is 0.749. The van der Waals surface area contributed by atoms with Gasteiger partial charge in [0.1, 0.15) is 23.0 Å². The van der Waals surface area contributed by atoms with Crippen LogP contribution in [0.2, 0.25) is 0 Å². The second-order valence-corrected chi connectivity index (χ2v) is 21.6. The van der Waals surface area contributed by atoms with Crippen molar-refractivity contribution in [2.45, 2.75) is 78.1 Å². The average Bonchev–Trinajstić information content (AvgIpc) is 3.59. The van der Waals surface area contributed by atoms with Crippen LogP contribution in [-0.2, 0) is 18.9 Å². The quantitative estimate of drug-likeness (QED) is 0.0255. The first-order valence-corrected chi connectivity index (χ1v) is 28.8. The van der Waals surface area contributed by atoms with Gasteiger partial charge < -0.3 is 37.9 Å². The molecule has 0 bridgehead atoms. The van der Waals surface area contributed by atoms with E-state index >= 15 is 0 Å². The van der Waals surface area contributed by atoms with Crippen molar-refractivity contribution in [3.8, 4) is 56.4 Å². The molecule has 2 aliphatic heterocycles. The smallest absolute Gasteiger partial charge is 0.343 e. The summed E-state index contributed by atoms with van der Waals surface area (Å²) in [5.74, 6) is 1.32. The van der Waals surface area contributed by atoms with Gasteiger partial charge in [0.25, 0.3) is 0 Å². The van der Waals surface area contributed by atoms with Gasteiger partial charge in [-0.05, 0) is 156 Å². The molecule has 2 fully saturated rings. The Kier molecular flexibility index (Phi) is 19.0. The van der Waals surface area contributed by atoms with Crippen molar-refractivity contribution in [3.05, 3.63) is 181 Å². The minimum Gasteiger partial charge on any atom is -0.494 e. The molecule has 8 aromatic carbocycles. The predicted molar refractivity (Wildman–Crippen MR) is 317 cm³/mol. The molecule has 10 rings (SSSR count). The fourth-order valence-corrected chi connectivity index (χ4v) is 10.4. The van der Waals surface area contributed by atoms with Crippen molar-refractivity contribution in [1.82, 2.24) is 0 Å². The molecule has 0 spiro atoms. The van der Waals surface area contributed by atoms with Crippen molar-refractivity contribution in [3.63, 3.8) is 0 Å². The van der Waals surface area contributed by atoms with Crippen LogP contribution in [0.25, 0.3) is 54.9 Å². The number of esters is 2. The van der Waals surface area contributed by atoms with Gasteiger partial charge in [0, 0.05) is 35.2 Å². The maximum absolute atomic E-state index is 14.1. The van der Waals surface area contributed by atoms with Gasteiger partial charge in [-0.2, -0.15) is 0 Å². The Morgan fingerprint density at radius 1 is 0.400 bits per heavy atom. The monoisotopic (exact) mass is 1070 g/mol. The van der Waals surface area contributed by atoms with E-state index in [1.54, 1.807) is 24.3 Å². The Morgan fingerprint density at radius 3 is 1.10 bits per heavy atom. The van der Waals surface area contributed by atoms with Crippen LogP contribution in [0.1, 0.15) is 98.8 Å². The standard InChI is InChI=1S/C70H74O10/c1-3-69(47-75-48-69)45-73-41-13-5-7-15-43-77-59-35-29-53(30-36-59)51-21-25-57(26-22-51)67(71)79-63-39-33-55-17-9-11-19-61(55)65(63)66-62-20-12-10-18-56(62)34-40-64(66)80-68(72)58-27-23-52(24-28-58)54-31-37-60(38-32-54)78-44-16-8-6-14-42-74-46-70(4-2)49-76-50-70/h9-12,17-40H,3-8,13-16,41-50H2,1-2H3. The van der Waals surface area contributed by atoms with E-state index in [2.05, 4.69) is 13.8 Å². The van der Waals surface area contributed by atoms with Gasteiger partial charge >= 0.3 is 11.9 Å². The molecule has 8 aromatic rings. The molecule has 0 atom stereocenters. The minimum absolute atomic E-state index is 0.242. The third-order valence-corrected chi connectivity index (χ3v) is 15.9. The summed E-state index contributed by atoms with van der Waals surface area (Å²) in [5, 5.41) is 3.56. The van der Waals surface area contributed by atoms with Crippen molar-refractivity contribution in [2.24, 2.45) is 10.8 Å². The van der Waals surface area contributed by atoms with E-state index < -0.39 is 11.9 Å². The van der Waals surface area contributed by atoms with Crippen molar-refractivity contribution < 1.29 is 47.5 Å². The molecule has 2 saturated heterocycles. The lowest BCUT2D eigenvalue weighted by atomic mass is 9.84. The van der Waals surface area contributed by atoms with E-state index in [9.17, 15) is 9.59 Å². The van der Waals surface area contributed by atoms with E-state index in [1.807, 2.05) is 146 Å². The predicted octanol–water partition coefficient (Wildman–Crippen LogP) is 16.2. The molecule has 0 amide bonds. The second-order valence-electron chi connectivity index (χ2n) is 21.6. The summed E-state index contributed by atoms with van der Waals surface area (Å²) in [4.78, 5) is 28.3. The van der Waals surface area contributed by atoms with Crippen LogP contribution in [-0.4, -0.2) is 78.0 Å². The summed E-state index contributed by atoms with van der Waals surface area (Å²) in [6.07, 6.45) is 10.7. The van der Waals surface area contributed by atoms with Gasteiger partial charge in [-0.25, -0.2) is 9.59 Å². The molecule has 10 heteroatoms. The zero-order valence-electron chi connectivity index (χ0n) is 46.4. The van der Waals surface area contributed by atoms with Gasteiger partial charge in [-0.1, -0.05) is 136 Å². The summed E-state index contributed by atoms with van der Waals surface area (Å²) in [6, 6.07) is 54.4. The van der Waals surface area contributed by atoms with Crippen LogP contribution in [0, 0.1) is 10.8 Å². The number of rotatable bonds is 29. The third kappa shape index (κ3) is 14.0. The summed E-state index contributed by atoms with van der Waals surface area (Å²) >= 11 is 0. The lowest BCUT2D eigenvalue weighted by Crippen LogP contribution is -2.45. The molecule has 2 aliphatic rings. The molecule has 0 saturated carbocycles. The topological polar surface area (TPSA) is 108 Å². The van der Waals surface area contributed by atoms with Crippen LogP contribution in [0.4, 0.5) is 0 Å². The van der Waals surface area contributed by atoms with Gasteiger partial charge in [-0.15, -0.1) is 0 Å². The van der Waals surface area contributed by atoms with Crippen LogP contribution in [0.15, 0.2) is 170 Å². The minimum atomic E-state index is -0.511. The van der Waals surface area contributed by atoms with Crippen molar-refractivity contribution >= 4 is 33.5 Å². The van der Waals surface area contributed by atoms with Gasteiger partial charge in [0.15, 0.2) is 0 Å². The molecule has 414 valence electrons. The first-order chi connectivity index (χ1) is 39.3. The van der Waals surface area contributed by atoms with E-state index in [0.29, 0.717) is 47.0 Å². The van der Waals surface area contributed by atoms with E-state index in [-0.39, 0.29) is 10.8 Å². The number of ether oxygens (including phenoxy) is 8. The number of unbranched alkanes of at least 4 members (excludes halogenated alkanes) is 6. The number of carbonyl (C=O) groups is 2. The molecule has 0 N–H and O–H groups in total. The molecule has 2 heterocycles. The number of carbonyl (C=O) groups excluding carboxylic acids is 2. The molecule has 0 unspecified atom stereocenters. The van der Waals surface area contributed by atoms with Crippen molar-refractivity contribution in [1.29, 1.82) is 0 Å². The van der Waals surface area contributed by atoms with Crippen LogP contribution < -0.4 is 18.9 Å². The average molecular weight is 1080 g/mol. The zero-order chi connectivity index (χ0) is 55.0. The summed E-state index contributed by atoms with van der Waals surface area (Å²) in [7, 11) is 0. The Bertz CT molecular complexity index is 3050.